The number of hydrogen-bond donors (Lipinski definition) is 5. The van der Waals surface area contributed by atoms with Gasteiger partial charge >= 0.3 is 25.1 Å². The van der Waals surface area contributed by atoms with Crippen molar-refractivity contribution >= 4 is 52.6 Å². The van der Waals surface area contributed by atoms with Gasteiger partial charge in [-0.15, -0.1) is 0 Å². The number of carboxylic acids is 1. The van der Waals surface area contributed by atoms with Crippen molar-refractivity contribution in [2.75, 3.05) is 19.3 Å². The van der Waals surface area contributed by atoms with Gasteiger partial charge in [0.2, 0.25) is 10.0 Å². The quantitative estimate of drug-likeness (QED) is 0.225. The van der Waals surface area contributed by atoms with Gasteiger partial charge in [0.1, 0.15) is 17.4 Å². The monoisotopic (exact) mass is 609 g/mol. The number of aromatic hydroxyl groups is 2. The molecule has 17 heteroatoms. The third kappa shape index (κ3) is 5.75. The van der Waals surface area contributed by atoms with Crippen LogP contribution in [0, 0.1) is 6.92 Å². The third-order valence-electron chi connectivity index (χ3n) is 6.89. The molecule has 5 N–H and O–H groups in total. The first-order valence-electron chi connectivity index (χ1n) is 12.1. The van der Waals surface area contributed by atoms with E-state index in [9.17, 15) is 47.9 Å². The Bertz CT molecular complexity index is 1570. The van der Waals surface area contributed by atoms with Gasteiger partial charge in [0.05, 0.1) is 24.4 Å². The number of urea groups is 2. The first-order valence-corrected chi connectivity index (χ1v) is 14.4. The number of aryl methyl sites for hydroxylation is 1. The maximum absolute atomic E-state index is 13.6. The molecule has 0 radical (unpaired) electrons. The van der Waals surface area contributed by atoms with E-state index in [-0.39, 0.29) is 36.4 Å². The van der Waals surface area contributed by atoms with Crippen molar-refractivity contribution in [3.8, 4) is 17.2 Å². The number of imide groups is 1. The average Bonchev–Trinajstić information content (AvgIpc) is 3.28. The van der Waals surface area contributed by atoms with Gasteiger partial charge in [-0.1, -0.05) is 29.8 Å². The lowest BCUT2D eigenvalue weighted by atomic mass is 9.64. The van der Waals surface area contributed by atoms with E-state index < -0.39 is 75.8 Å². The fourth-order valence-corrected chi connectivity index (χ4v) is 5.84. The molecule has 41 heavy (non-hydrogen) atoms. The number of benzene rings is 2. The van der Waals surface area contributed by atoms with Crippen LogP contribution in [0.1, 0.15) is 39.5 Å². The molecular weight excluding hydrogens is 585 g/mol. The minimum Gasteiger partial charge on any atom is -0.535 e. The SMILES string of the molecule is Cc1ccc2c(c1C(=O)O)OB(O)[C@@H](CC(=O)C(NC(=O)N1CCN(S(C)(=O)=O)C1=O)c1ccc(O)c(O)c1Cl)C2. The largest absolute Gasteiger partial charge is 0.535 e. The van der Waals surface area contributed by atoms with Gasteiger partial charge in [-0.3, -0.25) is 4.79 Å². The van der Waals surface area contributed by atoms with Crippen molar-refractivity contribution in [1.29, 1.82) is 0 Å². The predicted molar refractivity (Wildman–Crippen MR) is 144 cm³/mol. The van der Waals surface area contributed by atoms with Crippen LogP contribution in [0.4, 0.5) is 9.59 Å². The van der Waals surface area contributed by atoms with Crippen molar-refractivity contribution in [1.82, 2.24) is 14.5 Å². The number of fused-ring (bicyclic) bond motifs is 1. The lowest BCUT2D eigenvalue weighted by Gasteiger charge is -2.30. The molecule has 4 rings (SSSR count). The molecule has 2 heterocycles. The number of nitrogens with zero attached hydrogens (tertiary/aromatic N) is 2. The van der Waals surface area contributed by atoms with E-state index in [0.29, 0.717) is 20.3 Å². The van der Waals surface area contributed by atoms with Crippen LogP contribution >= 0.6 is 11.6 Å². The normalized spacial score (nSPS) is 17.6. The molecule has 0 saturated carbocycles. The summed E-state index contributed by atoms with van der Waals surface area (Å²) < 4.78 is 29.7. The standard InChI is InChI=1S/C24H25BClN3O11S/c1-11-3-4-12-9-13(25(37)40-21(12)17(11)22(33)34)10-16(31)19(14-5-6-15(30)20(32)18(14)26)27-23(35)28-7-8-29(24(28)36)41(2,38)39/h3-6,13,19,30,32,37H,7-10H2,1-2H3,(H,27,35)(H,33,34)/t13-,19?/m1/s1. The number of ketones is 1. The molecule has 2 aliphatic rings. The number of phenolic OH excluding ortho intramolecular Hbond substituents is 2. The third-order valence-corrected chi connectivity index (χ3v) is 8.43. The summed E-state index contributed by atoms with van der Waals surface area (Å²) >= 11 is 6.18. The Morgan fingerprint density at radius 1 is 1.20 bits per heavy atom. The predicted octanol–water partition coefficient (Wildman–Crippen LogP) is 1.65. The molecule has 1 saturated heterocycles. The molecule has 0 bridgehead atoms. The summed E-state index contributed by atoms with van der Waals surface area (Å²) in [6.07, 6.45) is 0.392. The van der Waals surface area contributed by atoms with Crippen molar-refractivity contribution in [2.24, 2.45) is 0 Å². The molecule has 2 aromatic carbocycles. The number of carbonyl (C=O) groups excluding carboxylic acids is 3. The highest BCUT2D eigenvalue weighted by Crippen LogP contribution is 2.41. The second kappa shape index (κ2) is 11.1. The number of carboxylic acid groups (broad SMARTS) is 1. The molecule has 14 nitrogen and oxygen atoms in total. The van der Waals surface area contributed by atoms with E-state index >= 15 is 0 Å². The van der Waals surface area contributed by atoms with Crippen LogP contribution in [0.3, 0.4) is 0 Å². The maximum atomic E-state index is 13.6. The van der Waals surface area contributed by atoms with E-state index in [1.807, 2.05) is 0 Å². The lowest BCUT2D eigenvalue weighted by Crippen LogP contribution is -2.47. The van der Waals surface area contributed by atoms with Crippen LogP contribution in [0.2, 0.25) is 10.8 Å². The van der Waals surface area contributed by atoms with E-state index in [2.05, 4.69) is 5.32 Å². The van der Waals surface area contributed by atoms with Gasteiger partial charge in [-0.05, 0) is 30.5 Å². The smallest absolute Gasteiger partial charge is 0.526 e. The average molecular weight is 610 g/mol. The molecular formula is C24H25BClN3O11S. The molecule has 0 aliphatic carbocycles. The zero-order valence-corrected chi connectivity index (χ0v) is 23.3. The van der Waals surface area contributed by atoms with Crippen molar-refractivity contribution < 1.29 is 52.6 Å². The van der Waals surface area contributed by atoms with E-state index in [1.165, 1.54) is 6.07 Å². The van der Waals surface area contributed by atoms with Crippen LogP contribution in [0.25, 0.3) is 0 Å². The Morgan fingerprint density at radius 3 is 2.49 bits per heavy atom. The Hall–Kier alpha value is -4.02. The Morgan fingerprint density at radius 2 is 1.88 bits per heavy atom. The van der Waals surface area contributed by atoms with Crippen LogP contribution in [-0.4, -0.2) is 88.2 Å². The van der Waals surface area contributed by atoms with Crippen molar-refractivity contribution in [2.45, 2.75) is 31.6 Å². The summed E-state index contributed by atoms with van der Waals surface area (Å²) in [6, 6.07) is 1.49. The highest BCUT2D eigenvalue weighted by Gasteiger charge is 2.42. The Labute approximate surface area is 239 Å². The maximum Gasteiger partial charge on any atom is 0.526 e. The lowest BCUT2D eigenvalue weighted by molar-refractivity contribution is -0.121. The van der Waals surface area contributed by atoms with Gasteiger partial charge < -0.3 is 30.3 Å². The fourth-order valence-electron chi connectivity index (χ4n) is 4.77. The molecule has 0 aromatic heterocycles. The topological polar surface area (TPSA) is 211 Å². The summed E-state index contributed by atoms with van der Waals surface area (Å²) in [5.74, 6) is -4.31. The molecule has 2 aromatic rings. The first kappa shape index (κ1) is 30.0. The zero-order chi connectivity index (χ0) is 30.4. The molecule has 2 atom stereocenters. The zero-order valence-electron chi connectivity index (χ0n) is 21.7. The molecule has 1 unspecified atom stereocenters. The number of phenols is 2. The number of carbonyl (C=O) groups is 4. The molecule has 218 valence electrons. The Kier molecular flexibility index (Phi) is 8.11. The number of halogens is 1. The van der Waals surface area contributed by atoms with Gasteiger partial charge in [0, 0.05) is 17.8 Å². The first-order chi connectivity index (χ1) is 19.1. The number of nitrogens with one attached hydrogen (secondary N) is 1. The van der Waals surface area contributed by atoms with Crippen molar-refractivity contribution in [3.05, 3.63) is 51.5 Å². The highest BCUT2D eigenvalue weighted by molar-refractivity contribution is 7.88. The number of sulfonamides is 1. The molecule has 4 amide bonds. The van der Waals surface area contributed by atoms with Crippen LogP contribution in [0.15, 0.2) is 24.3 Å². The van der Waals surface area contributed by atoms with E-state index in [0.717, 1.165) is 12.3 Å². The number of rotatable bonds is 7. The van der Waals surface area contributed by atoms with E-state index in [4.69, 9.17) is 16.3 Å². The van der Waals surface area contributed by atoms with Crippen molar-refractivity contribution in [3.63, 3.8) is 0 Å². The van der Waals surface area contributed by atoms with E-state index in [1.54, 1.807) is 19.1 Å². The number of aromatic carboxylic acids is 1. The van der Waals surface area contributed by atoms with Crippen LogP contribution in [0.5, 0.6) is 17.2 Å². The van der Waals surface area contributed by atoms with Gasteiger partial charge in [-0.2, -0.15) is 0 Å². The van der Waals surface area contributed by atoms with Gasteiger partial charge in [0.15, 0.2) is 17.3 Å². The van der Waals surface area contributed by atoms with Gasteiger partial charge in [-0.25, -0.2) is 32.0 Å². The second-order valence-corrected chi connectivity index (χ2v) is 12.0. The molecule has 0 spiro atoms. The van der Waals surface area contributed by atoms with Crippen LogP contribution in [-0.2, 0) is 21.2 Å². The molecule has 2 aliphatic heterocycles. The summed E-state index contributed by atoms with van der Waals surface area (Å²) in [5.41, 5.74) is 0.567. The molecule has 1 fully saturated rings. The number of Topliss-reactive ketones (excluding diaryl/α,β-unsaturated/α-hetero) is 1. The number of amides is 4. The van der Waals surface area contributed by atoms with Crippen LogP contribution < -0.4 is 9.97 Å². The minimum atomic E-state index is -3.96. The Balaban J connectivity index is 1.63. The summed E-state index contributed by atoms with van der Waals surface area (Å²) in [5, 5.41) is 42.0. The number of hydrogen-bond acceptors (Lipinski definition) is 10. The second-order valence-electron chi connectivity index (χ2n) is 9.68. The van der Waals surface area contributed by atoms with Gasteiger partial charge in [0.25, 0.3) is 0 Å². The fraction of sp³-hybridized carbons (Fsp3) is 0.333. The highest BCUT2D eigenvalue weighted by atomic mass is 35.5. The minimum absolute atomic E-state index is 0.0203. The summed E-state index contributed by atoms with van der Waals surface area (Å²) in [6.45, 7) is 0.969. The summed E-state index contributed by atoms with van der Waals surface area (Å²) in [7, 11) is -5.56. The summed E-state index contributed by atoms with van der Waals surface area (Å²) in [4.78, 5) is 51.6.